The Morgan fingerprint density at radius 3 is 2.71 bits per heavy atom. The molecule has 0 saturated heterocycles. The number of nitrogens with one attached hydrogen (secondary N) is 1. The highest BCUT2D eigenvalue weighted by atomic mass is 35.5. The van der Waals surface area contributed by atoms with E-state index < -0.39 is 17.5 Å². The number of pyridine rings is 1. The summed E-state index contributed by atoms with van der Waals surface area (Å²) in [6.45, 7) is 0. The van der Waals surface area contributed by atoms with E-state index in [9.17, 15) is 13.6 Å². The summed E-state index contributed by atoms with van der Waals surface area (Å²) in [4.78, 5) is 13.3. The SMILES string of the molecule is COc1cc(C(F)F)c(=O)[nH]c1CCl. The Morgan fingerprint density at radius 1 is 1.64 bits per heavy atom. The first kappa shape index (κ1) is 11.0. The van der Waals surface area contributed by atoms with E-state index in [1.54, 1.807) is 0 Å². The van der Waals surface area contributed by atoms with Crippen LogP contribution in [0.5, 0.6) is 5.75 Å². The van der Waals surface area contributed by atoms with Crippen molar-refractivity contribution in [3.05, 3.63) is 27.7 Å². The molecule has 1 aromatic rings. The topological polar surface area (TPSA) is 42.1 Å². The Kier molecular flexibility index (Phi) is 3.46. The van der Waals surface area contributed by atoms with Gasteiger partial charge in [-0.1, -0.05) is 0 Å². The third kappa shape index (κ3) is 2.04. The van der Waals surface area contributed by atoms with Gasteiger partial charge in [-0.3, -0.25) is 4.79 Å². The number of rotatable bonds is 3. The minimum Gasteiger partial charge on any atom is -0.495 e. The largest absolute Gasteiger partial charge is 0.495 e. The molecule has 1 aromatic heterocycles. The van der Waals surface area contributed by atoms with E-state index in [2.05, 4.69) is 4.98 Å². The molecule has 0 unspecified atom stereocenters. The molecule has 0 radical (unpaired) electrons. The van der Waals surface area contributed by atoms with Crippen molar-refractivity contribution in [2.24, 2.45) is 0 Å². The zero-order valence-corrected chi connectivity index (χ0v) is 8.07. The number of methoxy groups -OCH3 is 1. The second kappa shape index (κ2) is 4.41. The monoisotopic (exact) mass is 223 g/mol. The lowest BCUT2D eigenvalue weighted by Gasteiger charge is -2.07. The maximum Gasteiger partial charge on any atom is 0.269 e. The first-order chi connectivity index (χ1) is 6.60. The Labute approximate surface area is 83.7 Å². The van der Waals surface area contributed by atoms with Crippen molar-refractivity contribution in [3.8, 4) is 5.75 Å². The van der Waals surface area contributed by atoms with Gasteiger partial charge in [0.2, 0.25) is 0 Å². The van der Waals surface area contributed by atoms with E-state index in [0.717, 1.165) is 6.07 Å². The van der Waals surface area contributed by atoms with Gasteiger partial charge in [0.1, 0.15) is 5.75 Å². The summed E-state index contributed by atoms with van der Waals surface area (Å²) in [5.41, 5.74) is -1.16. The second-order valence-electron chi connectivity index (χ2n) is 2.54. The molecule has 0 spiro atoms. The van der Waals surface area contributed by atoms with Gasteiger partial charge in [0.05, 0.1) is 24.2 Å². The Morgan fingerprint density at radius 2 is 2.29 bits per heavy atom. The van der Waals surface area contributed by atoms with Gasteiger partial charge in [0, 0.05) is 0 Å². The van der Waals surface area contributed by atoms with Gasteiger partial charge in [-0.25, -0.2) is 8.78 Å². The molecule has 0 aromatic carbocycles. The smallest absolute Gasteiger partial charge is 0.269 e. The van der Waals surface area contributed by atoms with Crippen molar-refractivity contribution in [3.63, 3.8) is 0 Å². The van der Waals surface area contributed by atoms with Crippen LogP contribution in [0.1, 0.15) is 17.7 Å². The maximum absolute atomic E-state index is 12.3. The molecule has 0 fully saturated rings. The Hall–Kier alpha value is -1.10. The molecule has 1 heterocycles. The molecular weight excluding hydrogens is 216 g/mol. The van der Waals surface area contributed by atoms with Gasteiger partial charge in [0.15, 0.2) is 0 Å². The van der Waals surface area contributed by atoms with Gasteiger partial charge in [-0.2, -0.15) is 0 Å². The number of hydrogen-bond donors (Lipinski definition) is 1. The number of halogens is 3. The van der Waals surface area contributed by atoms with E-state index in [4.69, 9.17) is 16.3 Å². The van der Waals surface area contributed by atoms with Crippen LogP contribution in [0.3, 0.4) is 0 Å². The molecule has 0 saturated carbocycles. The van der Waals surface area contributed by atoms with Crippen LogP contribution < -0.4 is 10.3 Å². The summed E-state index contributed by atoms with van der Waals surface area (Å²) in [6, 6.07) is 1.00. The molecule has 1 N–H and O–H groups in total. The van der Waals surface area contributed by atoms with Crippen molar-refractivity contribution >= 4 is 11.6 Å². The Bertz CT molecular complexity index is 378. The van der Waals surface area contributed by atoms with Crippen LogP contribution in [0.15, 0.2) is 10.9 Å². The van der Waals surface area contributed by atoms with Gasteiger partial charge in [0.25, 0.3) is 12.0 Å². The summed E-state index contributed by atoms with van der Waals surface area (Å²) < 4.78 is 29.3. The lowest BCUT2D eigenvalue weighted by atomic mass is 10.2. The predicted octanol–water partition coefficient (Wildman–Crippen LogP) is 2.06. The van der Waals surface area contributed by atoms with Crippen LogP contribution in [0.2, 0.25) is 0 Å². The summed E-state index contributed by atoms with van der Waals surface area (Å²) in [7, 11) is 1.32. The predicted molar refractivity (Wildman–Crippen MR) is 48.1 cm³/mol. The van der Waals surface area contributed by atoms with Crippen molar-refractivity contribution in [2.75, 3.05) is 7.11 Å². The highest BCUT2D eigenvalue weighted by molar-refractivity contribution is 6.17. The number of aromatic nitrogens is 1. The molecule has 3 nitrogen and oxygen atoms in total. The number of ether oxygens (including phenoxy) is 1. The summed E-state index contributed by atoms with van der Waals surface area (Å²) >= 11 is 5.48. The van der Waals surface area contributed by atoms with E-state index >= 15 is 0 Å². The average Bonchev–Trinajstić information content (AvgIpc) is 2.16. The normalized spacial score (nSPS) is 10.6. The second-order valence-corrected chi connectivity index (χ2v) is 2.80. The van der Waals surface area contributed by atoms with E-state index in [0.29, 0.717) is 5.69 Å². The van der Waals surface area contributed by atoms with Crippen LogP contribution in [0.4, 0.5) is 8.78 Å². The van der Waals surface area contributed by atoms with Gasteiger partial charge < -0.3 is 9.72 Å². The molecule has 0 aliphatic heterocycles. The average molecular weight is 224 g/mol. The number of hydrogen-bond acceptors (Lipinski definition) is 2. The van der Waals surface area contributed by atoms with Gasteiger partial charge in [-0.05, 0) is 6.07 Å². The minimum absolute atomic E-state index is 0.00192. The van der Waals surface area contributed by atoms with Gasteiger partial charge >= 0.3 is 0 Å². The van der Waals surface area contributed by atoms with E-state index in [1.165, 1.54) is 7.11 Å². The van der Waals surface area contributed by atoms with Crippen molar-refractivity contribution < 1.29 is 13.5 Å². The standard InChI is InChI=1S/C8H8ClF2NO2/c1-14-6-2-4(7(10)11)8(13)12-5(6)3-9/h2,7H,3H2,1H3,(H,12,13). The van der Waals surface area contributed by atoms with Gasteiger partial charge in [-0.15, -0.1) is 11.6 Å². The fraction of sp³-hybridized carbons (Fsp3) is 0.375. The van der Waals surface area contributed by atoms with Crippen molar-refractivity contribution in [2.45, 2.75) is 12.3 Å². The lowest BCUT2D eigenvalue weighted by molar-refractivity contribution is 0.149. The molecule has 0 aliphatic carbocycles. The fourth-order valence-electron chi connectivity index (χ4n) is 1.01. The van der Waals surface area contributed by atoms with Crippen molar-refractivity contribution in [1.82, 2.24) is 4.98 Å². The molecule has 0 bridgehead atoms. The maximum atomic E-state index is 12.3. The zero-order valence-electron chi connectivity index (χ0n) is 7.31. The number of H-pyrrole nitrogens is 1. The third-order valence-corrected chi connectivity index (χ3v) is 1.97. The molecule has 14 heavy (non-hydrogen) atoms. The Balaban J connectivity index is 3.31. The number of aromatic amines is 1. The number of alkyl halides is 3. The van der Waals surface area contributed by atoms with Crippen LogP contribution in [-0.2, 0) is 5.88 Å². The minimum atomic E-state index is -2.82. The van der Waals surface area contributed by atoms with E-state index in [1.807, 2.05) is 0 Å². The molecule has 0 amide bonds. The summed E-state index contributed by atoms with van der Waals surface area (Å²) in [5.74, 6) is 0.164. The molecule has 78 valence electrons. The molecule has 0 aliphatic rings. The fourth-order valence-corrected chi connectivity index (χ4v) is 1.21. The van der Waals surface area contributed by atoms with Crippen LogP contribution in [-0.4, -0.2) is 12.1 Å². The summed E-state index contributed by atoms with van der Waals surface area (Å²) in [6.07, 6.45) is -2.82. The highest BCUT2D eigenvalue weighted by Gasteiger charge is 2.15. The molecular formula is C8H8ClF2NO2. The van der Waals surface area contributed by atoms with E-state index in [-0.39, 0.29) is 11.6 Å². The molecule has 0 atom stereocenters. The third-order valence-electron chi connectivity index (χ3n) is 1.70. The molecule has 1 rings (SSSR count). The van der Waals surface area contributed by atoms with Crippen LogP contribution in [0.25, 0.3) is 0 Å². The first-order valence-corrected chi connectivity index (χ1v) is 4.27. The summed E-state index contributed by atoms with van der Waals surface area (Å²) in [5, 5.41) is 0. The first-order valence-electron chi connectivity index (χ1n) is 3.74. The van der Waals surface area contributed by atoms with Crippen molar-refractivity contribution in [1.29, 1.82) is 0 Å². The zero-order chi connectivity index (χ0) is 10.7. The van der Waals surface area contributed by atoms with Crippen LogP contribution in [0, 0.1) is 0 Å². The lowest BCUT2D eigenvalue weighted by Crippen LogP contribution is -2.15. The highest BCUT2D eigenvalue weighted by Crippen LogP contribution is 2.22. The molecule has 6 heteroatoms. The van der Waals surface area contributed by atoms with Crippen LogP contribution >= 0.6 is 11.6 Å². The quantitative estimate of drug-likeness (QED) is 0.797.